The summed E-state index contributed by atoms with van der Waals surface area (Å²) in [6.07, 6.45) is 7.94. The van der Waals surface area contributed by atoms with E-state index >= 15 is 0 Å². The molecule has 0 unspecified atom stereocenters. The van der Waals surface area contributed by atoms with Crippen molar-refractivity contribution in [1.82, 2.24) is 23.8 Å². The predicted octanol–water partition coefficient (Wildman–Crippen LogP) is 0.713. The molecule has 1 aliphatic rings. The van der Waals surface area contributed by atoms with Crippen LogP contribution in [0.3, 0.4) is 0 Å². The van der Waals surface area contributed by atoms with Gasteiger partial charge >= 0.3 is 0 Å². The lowest BCUT2D eigenvalue weighted by molar-refractivity contribution is 0.331. The van der Waals surface area contributed by atoms with Gasteiger partial charge < -0.3 is 9.88 Å². The van der Waals surface area contributed by atoms with Gasteiger partial charge in [-0.05, 0) is 18.9 Å². The molecule has 2 aromatic heterocycles. The van der Waals surface area contributed by atoms with E-state index in [4.69, 9.17) is 0 Å². The topological polar surface area (TPSA) is 93.0 Å². The number of imidazole rings is 1. The van der Waals surface area contributed by atoms with Crippen molar-refractivity contribution in [1.29, 1.82) is 0 Å². The number of hydrogen-bond acceptors (Lipinski definition) is 6. The summed E-state index contributed by atoms with van der Waals surface area (Å²) >= 11 is 0. The van der Waals surface area contributed by atoms with Crippen LogP contribution in [0.4, 0.5) is 5.95 Å². The Morgan fingerprint density at radius 3 is 2.65 bits per heavy atom. The summed E-state index contributed by atoms with van der Waals surface area (Å²) < 4.78 is 26.5. The summed E-state index contributed by atoms with van der Waals surface area (Å²) in [5.41, 5.74) is 1.72. The van der Waals surface area contributed by atoms with E-state index in [-0.39, 0.29) is 6.04 Å². The second-order valence-electron chi connectivity index (χ2n) is 5.74. The molecule has 0 radical (unpaired) electrons. The maximum Gasteiger partial charge on any atom is 0.223 e. The van der Waals surface area contributed by atoms with Crippen LogP contribution >= 0.6 is 0 Å². The van der Waals surface area contributed by atoms with Crippen molar-refractivity contribution in [2.45, 2.75) is 18.9 Å². The molecule has 23 heavy (non-hydrogen) atoms. The van der Waals surface area contributed by atoms with E-state index in [1.165, 1.54) is 10.6 Å². The molecule has 0 amide bonds. The van der Waals surface area contributed by atoms with Gasteiger partial charge in [-0.3, -0.25) is 0 Å². The SMILES string of the molecule is Cn1cncc1-c1ccnc(NC2CCN(S(C)(=O)=O)CC2)n1. The van der Waals surface area contributed by atoms with Crippen molar-refractivity contribution in [2.75, 3.05) is 24.7 Å². The fourth-order valence-electron chi connectivity index (χ4n) is 2.69. The third kappa shape index (κ3) is 3.67. The maximum atomic E-state index is 11.5. The summed E-state index contributed by atoms with van der Waals surface area (Å²) in [5.74, 6) is 0.557. The van der Waals surface area contributed by atoms with Crippen LogP contribution in [-0.2, 0) is 17.1 Å². The van der Waals surface area contributed by atoms with Gasteiger partial charge in [-0.1, -0.05) is 0 Å². The molecule has 3 heterocycles. The quantitative estimate of drug-likeness (QED) is 0.884. The lowest BCUT2D eigenvalue weighted by Crippen LogP contribution is -2.42. The van der Waals surface area contributed by atoms with Crippen LogP contribution in [0.25, 0.3) is 11.4 Å². The summed E-state index contributed by atoms with van der Waals surface area (Å²) in [6.45, 7) is 1.05. The molecule has 3 rings (SSSR count). The Labute approximate surface area is 135 Å². The molecule has 1 fully saturated rings. The molecule has 0 bridgehead atoms. The number of nitrogens with zero attached hydrogens (tertiary/aromatic N) is 5. The molecule has 9 heteroatoms. The smallest absolute Gasteiger partial charge is 0.223 e. The standard InChI is InChI=1S/C14H20N6O2S/c1-19-10-15-9-13(19)12-3-6-16-14(18-12)17-11-4-7-20(8-5-11)23(2,21)22/h3,6,9-11H,4-5,7-8H2,1-2H3,(H,16,17,18). The van der Waals surface area contributed by atoms with Crippen LogP contribution in [0.5, 0.6) is 0 Å². The number of aryl methyl sites for hydroxylation is 1. The number of aromatic nitrogens is 4. The van der Waals surface area contributed by atoms with Crippen molar-refractivity contribution >= 4 is 16.0 Å². The minimum atomic E-state index is -3.10. The third-order valence-electron chi connectivity index (χ3n) is 3.99. The molecule has 8 nitrogen and oxygen atoms in total. The van der Waals surface area contributed by atoms with Gasteiger partial charge in [0.2, 0.25) is 16.0 Å². The van der Waals surface area contributed by atoms with Gasteiger partial charge in [0, 0.05) is 32.4 Å². The van der Waals surface area contributed by atoms with Gasteiger partial charge in [0.1, 0.15) is 0 Å². The molecule has 124 valence electrons. The highest BCUT2D eigenvalue weighted by molar-refractivity contribution is 7.88. The van der Waals surface area contributed by atoms with E-state index in [9.17, 15) is 8.42 Å². The molecule has 1 N–H and O–H groups in total. The number of nitrogens with one attached hydrogen (secondary N) is 1. The summed E-state index contributed by atoms with van der Waals surface area (Å²) in [7, 11) is -1.18. The average Bonchev–Trinajstić information content (AvgIpc) is 2.93. The van der Waals surface area contributed by atoms with Crippen LogP contribution in [0.2, 0.25) is 0 Å². The average molecular weight is 336 g/mol. The second-order valence-corrected chi connectivity index (χ2v) is 7.72. The number of rotatable bonds is 4. The Kier molecular flexibility index (Phi) is 4.31. The van der Waals surface area contributed by atoms with Crippen LogP contribution in [0, 0.1) is 0 Å². The van der Waals surface area contributed by atoms with Crippen LogP contribution in [0.15, 0.2) is 24.8 Å². The Hall–Kier alpha value is -2.00. The first-order chi connectivity index (χ1) is 10.9. The largest absolute Gasteiger partial charge is 0.351 e. The van der Waals surface area contributed by atoms with Gasteiger partial charge in [-0.2, -0.15) is 0 Å². The van der Waals surface area contributed by atoms with Gasteiger partial charge in [0.05, 0.1) is 30.2 Å². The number of anilines is 1. The van der Waals surface area contributed by atoms with E-state index in [1.807, 2.05) is 17.7 Å². The highest BCUT2D eigenvalue weighted by Crippen LogP contribution is 2.19. The fourth-order valence-corrected chi connectivity index (χ4v) is 3.56. The van der Waals surface area contributed by atoms with Crippen molar-refractivity contribution < 1.29 is 8.42 Å². The predicted molar refractivity (Wildman–Crippen MR) is 87.3 cm³/mol. The molecule has 2 aromatic rings. The monoisotopic (exact) mass is 336 g/mol. The Morgan fingerprint density at radius 1 is 1.30 bits per heavy atom. The molecule has 1 saturated heterocycles. The van der Waals surface area contributed by atoms with Gasteiger partial charge in [-0.25, -0.2) is 27.7 Å². The molecule has 0 aromatic carbocycles. The number of piperidine rings is 1. The van der Waals surface area contributed by atoms with E-state index in [2.05, 4.69) is 20.3 Å². The lowest BCUT2D eigenvalue weighted by Gasteiger charge is -2.30. The summed E-state index contributed by atoms with van der Waals surface area (Å²) in [4.78, 5) is 12.9. The van der Waals surface area contributed by atoms with E-state index in [1.54, 1.807) is 18.7 Å². The van der Waals surface area contributed by atoms with Gasteiger partial charge in [-0.15, -0.1) is 0 Å². The normalized spacial score (nSPS) is 17.3. The van der Waals surface area contributed by atoms with Crippen LogP contribution < -0.4 is 5.32 Å². The zero-order chi connectivity index (χ0) is 16.4. The fraction of sp³-hybridized carbons (Fsp3) is 0.500. The third-order valence-corrected chi connectivity index (χ3v) is 5.29. The van der Waals surface area contributed by atoms with E-state index in [0.717, 1.165) is 24.2 Å². The molecule has 1 aliphatic heterocycles. The second kappa shape index (κ2) is 6.25. The van der Waals surface area contributed by atoms with E-state index < -0.39 is 10.0 Å². The molecule has 0 aliphatic carbocycles. The number of sulfonamides is 1. The van der Waals surface area contributed by atoms with Crippen molar-refractivity contribution in [3.8, 4) is 11.4 Å². The minimum Gasteiger partial charge on any atom is -0.351 e. The van der Waals surface area contributed by atoms with Crippen LogP contribution in [-0.4, -0.2) is 57.6 Å². The first-order valence-electron chi connectivity index (χ1n) is 7.45. The van der Waals surface area contributed by atoms with Crippen LogP contribution in [0.1, 0.15) is 12.8 Å². The minimum absolute atomic E-state index is 0.176. The Bertz CT molecular complexity index is 780. The number of hydrogen-bond donors (Lipinski definition) is 1. The Balaban J connectivity index is 1.67. The van der Waals surface area contributed by atoms with Crippen molar-refractivity contribution in [3.63, 3.8) is 0 Å². The molecular formula is C14H20N6O2S. The van der Waals surface area contributed by atoms with Crippen molar-refractivity contribution in [3.05, 3.63) is 24.8 Å². The molecule has 0 saturated carbocycles. The lowest BCUT2D eigenvalue weighted by atomic mass is 10.1. The zero-order valence-electron chi connectivity index (χ0n) is 13.2. The Morgan fingerprint density at radius 2 is 2.04 bits per heavy atom. The molecule has 0 spiro atoms. The van der Waals surface area contributed by atoms with Crippen molar-refractivity contribution in [2.24, 2.45) is 7.05 Å². The van der Waals surface area contributed by atoms with E-state index in [0.29, 0.717) is 19.0 Å². The van der Waals surface area contributed by atoms with Gasteiger partial charge in [0.25, 0.3) is 0 Å². The summed E-state index contributed by atoms with van der Waals surface area (Å²) in [6, 6.07) is 2.02. The zero-order valence-corrected chi connectivity index (χ0v) is 14.0. The summed E-state index contributed by atoms with van der Waals surface area (Å²) in [5, 5.41) is 3.30. The highest BCUT2D eigenvalue weighted by atomic mass is 32.2. The molecule has 0 atom stereocenters. The maximum absolute atomic E-state index is 11.5. The first-order valence-corrected chi connectivity index (χ1v) is 9.30. The highest BCUT2D eigenvalue weighted by Gasteiger charge is 2.25. The molecular weight excluding hydrogens is 316 g/mol. The first kappa shape index (κ1) is 15.9. The van der Waals surface area contributed by atoms with Gasteiger partial charge in [0.15, 0.2) is 0 Å².